The average Bonchev–Trinajstić information content (AvgIpc) is 2.71. The molecule has 1 N–H and O–H groups in total. The number of benzene rings is 2. The molecular formula is C22H27ClN2O3. The number of hydrogen-bond donors (Lipinski definition) is 1. The molecule has 2 aromatic rings. The maximum absolute atomic E-state index is 13.0. The van der Waals surface area contributed by atoms with E-state index in [9.17, 15) is 9.59 Å². The Kier molecular flexibility index (Phi) is 8.33. The summed E-state index contributed by atoms with van der Waals surface area (Å²) >= 11 is 5.96. The van der Waals surface area contributed by atoms with E-state index in [1.54, 1.807) is 31.1 Å². The van der Waals surface area contributed by atoms with E-state index in [1.807, 2.05) is 43.3 Å². The normalized spacial score (nSPS) is 11.6. The predicted octanol–water partition coefficient (Wildman–Crippen LogP) is 3.83. The summed E-state index contributed by atoms with van der Waals surface area (Å²) in [7, 11) is 1.60. The summed E-state index contributed by atoms with van der Waals surface area (Å²) in [6, 6.07) is 14.1. The Morgan fingerprint density at radius 1 is 1.07 bits per heavy atom. The highest BCUT2D eigenvalue weighted by molar-refractivity contribution is 6.30. The molecule has 0 fully saturated rings. The van der Waals surface area contributed by atoms with E-state index in [4.69, 9.17) is 16.3 Å². The minimum atomic E-state index is -0.576. The van der Waals surface area contributed by atoms with Gasteiger partial charge in [-0.05, 0) is 48.7 Å². The molecule has 0 radical (unpaired) electrons. The lowest BCUT2D eigenvalue weighted by atomic mass is 10.1. The van der Waals surface area contributed by atoms with Gasteiger partial charge in [-0.3, -0.25) is 9.59 Å². The topological polar surface area (TPSA) is 58.6 Å². The quantitative estimate of drug-likeness (QED) is 0.693. The van der Waals surface area contributed by atoms with Gasteiger partial charge in [0.1, 0.15) is 11.8 Å². The first-order valence-electron chi connectivity index (χ1n) is 9.39. The molecule has 6 heteroatoms. The molecule has 150 valence electrons. The Morgan fingerprint density at radius 3 is 2.25 bits per heavy atom. The van der Waals surface area contributed by atoms with Crippen molar-refractivity contribution in [2.24, 2.45) is 0 Å². The minimum Gasteiger partial charge on any atom is -0.497 e. The molecule has 0 aliphatic heterocycles. The lowest BCUT2D eigenvalue weighted by Gasteiger charge is -2.29. The van der Waals surface area contributed by atoms with Gasteiger partial charge in [0.25, 0.3) is 0 Å². The highest BCUT2D eigenvalue weighted by Gasteiger charge is 2.26. The van der Waals surface area contributed by atoms with E-state index in [-0.39, 0.29) is 18.2 Å². The zero-order valence-electron chi connectivity index (χ0n) is 16.6. The monoisotopic (exact) mass is 402 g/mol. The number of nitrogens with one attached hydrogen (secondary N) is 1. The van der Waals surface area contributed by atoms with Gasteiger partial charge in [0.15, 0.2) is 0 Å². The highest BCUT2D eigenvalue weighted by atomic mass is 35.5. The molecule has 0 aromatic heterocycles. The fourth-order valence-electron chi connectivity index (χ4n) is 2.78. The summed E-state index contributed by atoms with van der Waals surface area (Å²) in [5, 5.41) is 3.50. The van der Waals surface area contributed by atoms with Crippen molar-refractivity contribution in [1.29, 1.82) is 0 Å². The van der Waals surface area contributed by atoms with Crippen LogP contribution in [-0.2, 0) is 22.6 Å². The number of halogens is 1. The van der Waals surface area contributed by atoms with Crippen molar-refractivity contribution in [2.45, 2.75) is 39.3 Å². The van der Waals surface area contributed by atoms with E-state index < -0.39 is 6.04 Å². The second kappa shape index (κ2) is 10.7. The second-order valence-corrected chi connectivity index (χ2v) is 7.08. The van der Waals surface area contributed by atoms with E-state index in [2.05, 4.69) is 5.32 Å². The third-order valence-electron chi connectivity index (χ3n) is 4.50. The SMILES string of the molecule is CCCNC(=O)[C@@H](C)N(Cc1ccc(Cl)cc1)C(=O)Cc1ccc(OC)cc1. The summed E-state index contributed by atoms with van der Waals surface area (Å²) in [4.78, 5) is 27.1. The molecular weight excluding hydrogens is 376 g/mol. The number of ether oxygens (including phenoxy) is 1. The molecule has 0 heterocycles. The van der Waals surface area contributed by atoms with E-state index in [0.29, 0.717) is 18.1 Å². The van der Waals surface area contributed by atoms with Crippen molar-refractivity contribution in [1.82, 2.24) is 10.2 Å². The average molecular weight is 403 g/mol. The Bertz CT molecular complexity index is 775. The Morgan fingerprint density at radius 2 is 1.68 bits per heavy atom. The molecule has 2 amide bonds. The first-order chi connectivity index (χ1) is 13.4. The number of methoxy groups -OCH3 is 1. The third kappa shape index (κ3) is 6.27. The van der Waals surface area contributed by atoms with E-state index in [0.717, 1.165) is 23.3 Å². The van der Waals surface area contributed by atoms with Crippen LogP contribution in [0.1, 0.15) is 31.4 Å². The fraction of sp³-hybridized carbons (Fsp3) is 0.364. The summed E-state index contributed by atoms with van der Waals surface area (Å²) in [5.74, 6) is 0.472. The molecule has 0 aliphatic rings. The van der Waals surface area contributed by atoms with Gasteiger partial charge in [-0.2, -0.15) is 0 Å². The van der Waals surface area contributed by atoms with Crippen LogP contribution in [0.25, 0.3) is 0 Å². The summed E-state index contributed by atoms with van der Waals surface area (Å²) in [6.45, 7) is 4.68. The molecule has 0 spiro atoms. The first kappa shape index (κ1) is 21.8. The lowest BCUT2D eigenvalue weighted by molar-refractivity contribution is -0.140. The van der Waals surface area contributed by atoms with Gasteiger partial charge in [0.05, 0.1) is 13.5 Å². The Balaban J connectivity index is 2.18. The van der Waals surface area contributed by atoms with Crippen molar-refractivity contribution in [3.8, 4) is 5.75 Å². The number of carbonyl (C=O) groups excluding carboxylic acids is 2. The maximum atomic E-state index is 13.0. The van der Waals surface area contributed by atoms with Crippen LogP contribution < -0.4 is 10.1 Å². The van der Waals surface area contributed by atoms with Crippen LogP contribution in [0.5, 0.6) is 5.75 Å². The Labute approximate surface area is 171 Å². The number of rotatable bonds is 9. The highest BCUT2D eigenvalue weighted by Crippen LogP contribution is 2.17. The molecule has 1 atom stereocenters. The van der Waals surface area contributed by atoms with Gasteiger partial charge in [-0.1, -0.05) is 42.8 Å². The van der Waals surface area contributed by atoms with Crippen molar-refractivity contribution in [3.63, 3.8) is 0 Å². The first-order valence-corrected chi connectivity index (χ1v) is 9.77. The summed E-state index contributed by atoms with van der Waals surface area (Å²) in [6.07, 6.45) is 1.05. The van der Waals surface area contributed by atoms with Crippen LogP contribution in [0.4, 0.5) is 0 Å². The molecule has 0 bridgehead atoms. The number of carbonyl (C=O) groups is 2. The van der Waals surface area contributed by atoms with Gasteiger partial charge in [-0.25, -0.2) is 0 Å². The van der Waals surface area contributed by atoms with Crippen LogP contribution in [0, 0.1) is 0 Å². The number of nitrogens with zero attached hydrogens (tertiary/aromatic N) is 1. The van der Waals surface area contributed by atoms with Crippen LogP contribution >= 0.6 is 11.6 Å². The van der Waals surface area contributed by atoms with Crippen molar-refractivity contribution in [3.05, 3.63) is 64.7 Å². The van der Waals surface area contributed by atoms with Gasteiger partial charge >= 0.3 is 0 Å². The molecule has 0 saturated heterocycles. The van der Waals surface area contributed by atoms with Gasteiger partial charge < -0.3 is 15.0 Å². The smallest absolute Gasteiger partial charge is 0.242 e. The summed E-state index contributed by atoms with van der Waals surface area (Å²) in [5.41, 5.74) is 1.79. The minimum absolute atomic E-state index is 0.112. The van der Waals surface area contributed by atoms with Crippen LogP contribution in [-0.4, -0.2) is 36.4 Å². The number of amides is 2. The van der Waals surface area contributed by atoms with Crippen molar-refractivity contribution in [2.75, 3.05) is 13.7 Å². The maximum Gasteiger partial charge on any atom is 0.242 e. The standard InChI is InChI=1S/C22H27ClN2O3/c1-4-13-24-22(27)16(2)25(15-18-5-9-19(23)10-6-18)21(26)14-17-7-11-20(28-3)12-8-17/h5-12,16H,4,13-15H2,1-3H3,(H,24,27)/t16-/m1/s1. The van der Waals surface area contributed by atoms with E-state index >= 15 is 0 Å². The van der Waals surface area contributed by atoms with Crippen molar-refractivity contribution >= 4 is 23.4 Å². The molecule has 0 aliphatic carbocycles. The van der Waals surface area contributed by atoms with Crippen LogP contribution in [0.15, 0.2) is 48.5 Å². The summed E-state index contributed by atoms with van der Waals surface area (Å²) < 4.78 is 5.16. The molecule has 2 aromatic carbocycles. The van der Waals surface area contributed by atoms with Crippen LogP contribution in [0.2, 0.25) is 5.02 Å². The fourth-order valence-corrected chi connectivity index (χ4v) is 2.91. The zero-order valence-corrected chi connectivity index (χ0v) is 17.3. The zero-order chi connectivity index (χ0) is 20.5. The van der Waals surface area contributed by atoms with Crippen LogP contribution in [0.3, 0.4) is 0 Å². The predicted molar refractivity (Wildman–Crippen MR) is 111 cm³/mol. The van der Waals surface area contributed by atoms with Gasteiger partial charge in [0, 0.05) is 18.1 Å². The second-order valence-electron chi connectivity index (χ2n) is 6.64. The van der Waals surface area contributed by atoms with Gasteiger partial charge in [-0.15, -0.1) is 0 Å². The van der Waals surface area contributed by atoms with Gasteiger partial charge in [0.2, 0.25) is 11.8 Å². The molecule has 2 rings (SSSR count). The lowest BCUT2D eigenvalue weighted by Crippen LogP contribution is -2.48. The Hall–Kier alpha value is -2.53. The molecule has 5 nitrogen and oxygen atoms in total. The largest absolute Gasteiger partial charge is 0.497 e. The third-order valence-corrected chi connectivity index (χ3v) is 4.75. The van der Waals surface area contributed by atoms with Crippen molar-refractivity contribution < 1.29 is 14.3 Å². The van der Waals surface area contributed by atoms with E-state index in [1.165, 1.54) is 0 Å². The molecule has 0 unspecified atom stereocenters. The molecule has 0 saturated carbocycles. The molecule has 28 heavy (non-hydrogen) atoms. The number of hydrogen-bond acceptors (Lipinski definition) is 3.